The fraction of sp³-hybridized carbons (Fsp3) is 0.417. The van der Waals surface area contributed by atoms with Crippen molar-refractivity contribution in [3.63, 3.8) is 0 Å². The topological polar surface area (TPSA) is 104 Å². The molecule has 0 saturated heterocycles. The molecule has 0 bridgehead atoms. The zero-order valence-electron chi connectivity index (χ0n) is 10.2. The van der Waals surface area contributed by atoms with Gasteiger partial charge in [-0.15, -0.1) is 0 Å². The van der Waals surface area contributed by atoms with E-state index in [-0.39, 0.29) is 17.5 Å². The van der Waals surface area contributed by atoms with E-state index in [1.807, 2.05) is 0 Å². The van der Waals surface area contributed by atoms with Gasteiger partial charge in [-0.1, -0.05) is 0 Å². The molecule has 2 rings (SSSR count). The third kappa shape index (κ3) is 3.19. The molecule has 1 aromatic carbocycles. The van der Waals surface area contributed by atoms with E-state index < -0.39 is 11.0 Å². The second-order valence-corrected chi connectivity index (χ2v) is 4.52. The van der Waals surface area contributed by atoms with Crippen LogP contribution in [0.15, 0.2) is 24.3 Å². The van der Waals surface area contributed by atoms with E-state index in [1.165, 1.54) is 24.3 Å². The average Bonchev–Trinajstić information content (AvgIpc) is 2.83. The molecule has 7 heteroatoms. The highest BCUT2D eigenvalue weighted by Crippen LogP contribution is 2.25. The number of hydrogen-bond donors (Lipinski definition) is 3. The second kappa shape index (κ2) is 5.66. The van der Waals surface area contributed by atoms with Crippen LogP contribution in [0.3, 0.4) is 0 Å². The second-order valence-electron chi connectivity index (χ2n) is 4.52. The molecule has 19 heavy (non-hydrogen) atoms. The minimum Gasteiger partial charge on any atom is -0.392 e. The largest absolute Gasteiger partial charge is 0.392 e. The predicted molar refractivity (Wildman–Crippen MR) is 68.2 cm³/mol. The highest BCUT2D eigenvalue weighted by atomic mass is 16.6. The molecule has 1 aromatic rings. The van der Waals surface area contributed by atoms with Crippen molar-refractivity contribution < 1.29 is 14.8 Å². The molecule has 1 saturated carbocycles. The Balaban J connectivity index is 1.88. The molecule has 1 amide bonds. The van der Waals surface area contributed by atoms with Crippen LogP contribution in [0.4, 0.5) is 11.4 Å². The molecule has 0 spiro atoms. The molecule has 2 unspecified atom stereocenters. The number of nitro groups is 1. The number of aliphatic hydroxyl groups is 1. The molecule has 1 aliphatic rings. The zero-order chi connectivity index (χ0) is 13.8. The molecule has 7 nitrogen and oxygen atoms in total. The Labute approximate surface area is 109 Å². The zero-order valence-corrected chi connectivity index (χ0v) is 10.2. The van der Waals surface area contributed by atoms with E-state index in [4.69, 9.17) is 0 Å². The van der Waals surface area contributed by atoms with Gasteiger partial charge in [-0.25, -0.2) is 0 Å². The number of rotatable bonds is 4. The predicted octanol–water partition coefficient (Wildman–Crippen LogP) is 1.20. The van der Waals surface area contributed by atoms with Crippen LogP contribution in [0, 0.1) is 16.0 Å². The number of aliphatic hydroxyl groups excluding tert-OH is 1. The van der Waals surface area contributed by atoms with Crippen LogP contribution in [0.1, 0.15) is 19.3 Å². The number of carbonyl (C=O) groups excluding carboxylic acids is 1. The maximum atomic E-state index is 11.8. The van der Waals surface area contributed by atoms with Crippen molar-refractivity contribution in [2.24, 2.45) is 5.92 Å². The van der Waals surface area contributed by atoms with E-state index in [2.05, 4.69) is 10.9 Å². The molecule has 0 aliphatic heterocycles. The third-order valence-electron chi connectivity index (χ3n) is 3.22. The average molecular weight is 265 g/mol. The molecule has 1 fully saturated rings. The van der Waals surface area contributed by atoms with Gasteiger partial charge in [0.05, 0.1) is 22.6 Å². The molecular formula is C12H15N3O4. The number of hydrazine groups is 1. The van der Waals surface area contributed by atoms with Gasteiger partial charge >= 0.3 is 0 Å². The van der Waals surface area contributed by atoms with E-state index in [0.29, 0.717) is 18.5 Å². The lowest BCUT2D eigenvalue weighted by molar-refractivity contribution is -0.384. The number of benzene rings is 1. The highest BCUT2D eigenvalue weighted by Gasteiger charge is 2.31. The van der Waals surface area contributed by atoms with Crippen molar-refractivity contribution in [3.8, 4) is 0 Å². The van der Waals surface area contributed by atoms with Gasteiger partial charge in [-0.2, -0.15) is 0 Å². The number of nitro benzene ring substituents is 1. The standard InChI is InChI=1S/C12H15N3O4/c16-11-3-1-2-10(11)12(17)14-13-8-4-6-9(7-5-8)15(18)19/h4-7,10-11,13,16H,1-3H2,(H,14,17). The first-order valence-electron chi connectivity index (χ1n) is 6.06. The summed E-state index contributed by atoms with van der Waals surface area (Å²) in [7, 11) is 0. The third-order valence-corrected chi connectivity index (χ3v) is 3.22. The SMILES string of the molecule is O=C(NNc1ccc([N+](=O)[O-])cc1)C1CCCC1O. The summed E-state index contributed by atoms with van der Waals surface area (Å²) < 4.78 is 0. The first-order valence-corrected chi connectivity index (χ1v) is 6.06. The van der Waals surface area contributed by atoms with Gasteiger partial charge in [0, 0.05) is 12.1 Å². The quantitative estimate of drug-likeness (QED) is 0.560. The summed E-state index contributed by atoms with van der Waals surface area (Å²) in [5, 5.41) is 20.1. The number of amides is 1. The first-order chi connectivity index (χ1) is 9.08. The van der Waals surface area contributed by atoms with Gasteiger partial charge in [0.1, 0.15) is 0 Å². The minimum absolute atomic E-state index is 0.0110. The number of non-ortho nitro benzene ring substituents is 1. The molecule has 0 aromatic heterocycles. The molecule has 3 N–H and O–H groups in total. The van der Waals surface area contributed by atoms with E-state index >= 15 is 0 Å². The summed E-state index contributed by atoms with van der Waals surface area (Å²) in [6, 6.07) is 5.70. The van der Waals surface area contributed by atoms with E-state index in [1.54, 1.807) is 0 Å². The number of anilines is 1. The van der Waals surface area contributed by atoms with Crippen LogP contribution in [-0.2, 0) is 4.79 Å². The van der Waals surface area contributed by atoms with E-state index in [9.17, 15) is 20.0 Å². The Morgan fingerprint density at radius 2 is 2.00 bits per heavy atom. The van der Waals surface area contributed by atoms with Crippen LogP contribution in [0.5, 0.6) is 0 Å². The Morgan fingerprint density at radius 3 is 2.53 bits per heavy atom. The van der Waals surface area contributed by atoms with Crippen molar-refractivity contribution in [3.05, 3.63) is 34.4 Å². The highest BCUT2D eigenvalue weighted by molar-refractivity contribution is 5.80. The van der Waals surface area contributed by atoms with Gasteiger partial charge in [0.25, 0.3) is 5.69 Å². The lowest BCUT2D eigenvalue weighted by Gasteiger charge is -2.15. The Hall–Kier alpha value is -2.15. The summed E-state index contributed by atoms with van der Waals surface area (Å²) in [6.07, 6.45) is 1.58. The summed E-state index contributed by atoms with van der Waals surface area (Å²) in [5.41, 5.74) is 5.71. The maximum absolute atomic E-state index is 11.8. The molecular weight excluding hydrogens is 250 g/mol. The maximum Gasteiger partial charge on any atom is 0.269 e. The Morgan fingerprint density at radius 1 is 1.32 bits per heavy atom. The number of nitrogens with one attached hydrogen (secondary N) is 2. The molecule has 1 aliphatic carbocycles. The minimum atomic E-state index is -0.585. The molecule has 2 atom stereocenters. The monoisotopic (exact) mass is 265 g/mol. The van der Waals surface area contributed by atoms with Gasteiger partial charge in [0.15, 0.2) is 0 Å². The van der Waals surface area contributed by atoms with Crippen molar-refractivity contribution in [1.29, 1.82) is 0 Å². The van der Waals surface area contributed by atoms with Gasteiger partial charge in [-0.05, 0) is 31.4 Å². The summed E-state index contributed by atoms with van der Waals surface area (Å²) >= 11 is 0. The summed E-state index contributed by atoms with van der Waals surface area (Å²) in [4.78, 5) is 21.7. The van der Waals surface area contributed by atoms with Crippen molar-refractivity contribution in [2.45, 2.75) is 25.4 Å². The van der Waals surface area contributed by atoms with Crippen LogP contribution in [0.2, 0.25) is 0 Å². The fourth-order valence-corrected chi connectivity index (χ4v) is 2.14. The lowest BCUT2D eigenvalue weighted by Crippen LogP contribution is -2.38. The fourth-order valence-electron chi connectivity index (χ4n) is 2.14. The normalized spacial score (nSPS) is 21.9. The Bertz CT molecular complexity index is 474. The summed E-state index contributed by atoms with van der Waals surface area (Å²) in [6.45, 7) is 0. The van der Waals surface area contributed by atoms with Crippen molar-refractivity contribution >= 4 is 17.3 Å². The molecule has 102 valence electrons. The lowest BCUT2D eigenvalue weighted by atomic mass is 10.1. The van der Waals surface area contributed by atoms with Crippen LogP contribution >= 0.6 is 0 Å². The van der Waals surface area contributed by atoms with E-state index in [0.717, 1.165) is 6.42 Å². The number of hydrogen-bond acceptors (Lipinski definition) is 5. The van der Waals surface area contributed by atoms with Gasteiger partial charge in [-0.3, -0.25) is 25.8 Å². The van der Waals surface area contributed by atoms with Crippen molar-refractivity contribution in [1.82, 2.24) is 5.43 Å². The van der Waals surface area contributed by atoms with Gasteiger partial charge in [0.2, 0.25) is 5.91 Å². The Kier molecular flexibility index (Phi) is 3.96. The molecule has 0 radical (unpaired) electrons. The first kappa shape index (κ1) is 13.3. The van der Waals surface area contributed by atoms with Gasteiger partial charge < -0.3 is 5.11 Å². The van der Waals surface area contributed by atoms with Crippen LogP contribution < -0.4 is 10.9 Å². The number of carbonyl (C=O) groups is 1. The molecule has 0 heterocycles. The van der Waals surface area contributed by atoms with Crippen LogP contribution in [0.25, 0.3) is 0 Å². The summed E-state index contributed by atoms with van der Waals surface area (Å²) in [5.74, 6) is -0.645. The smallest absolute Gasteiger partial charge is 0.269 e. The van der Waals surface area contributed by atoms with Crippen LogP contribution in [-0.4, -0.2) is 22.0 Å². The van der Waals surface area contributed by atoms with Crippen molar-refractivity contribution in [2.75, 3.05) is 5.43 Å². The number of nitrogens with zero attached hydrogens (tertiary/aromatic N) is 1.